The molecule has 3 heteroatoms. The highest BCUT2D eigenvalue weighted by Crippen LogP contribution is 2.51. The standard InChI is InChI=1S/C31H32O3/c32-29-28(27(26-18-19-26)25-16-8-3-9-17-25)30(33)34-31(29,22-20-24-13-6-2-7-14-24)21-10-15-23-11-4-1-5-12-23/h1-9,11-14,16-17,26-28H,10,15,18-22H2. The van der Waals surface area contributed by atoms with Crippen molar-refractivity contribution in [1.82, 2.24) is 0 Å². The van der Waals surface area contributed by atoms with Crippen molar-refractivity contribution in [1.29, 1.82) is 0 Å². The zero-order valence-electron chi connectivity index (χ0n) is 19.6. The molecule has 3 aromatic carbocycles. The fraction of sp³-hybridized carbons (Fsp3) is 0.355. The van der Waals surface area contributed by atoms with Crippen LogP contribution in [0, 0.1) is 11.8 Å². The summed E-state index contributed by atoms with van der Waals surface area (Å²) >= 11 is 0. The Hall–Kier alpha value is -3.20. The van der Waals surface area contributed by atoms with Crippen LogP contribution in [0.3, 0.4) is 0 Å². The molecular weight excluding hydrogens is 420 g/mol. The molecule has 0 amide bonds. The summed E-state index contributed by atoms with van der Waals surface area (Å²) in [5.41, 5.74) is 2.46. The minimum Gasteiger partial charge on any atom is -0.450 e. The van der Waals surface area contributed by atoms with Gasteiger partial charge < -0.3 is 4.74 Å². The lowest BCUT2D eigenvalue weighted by atomic mass is 9.75. The van der Waals surface area contributed by atoms with Crippen LogP contribution in [0.5, 0.6) is 0 Å². The first-order chi connectivity index (χ1) is 16.7. The lowest BCUT2D eigenvalue weighted by molar-refractivity contribution is -0.154. The summed E-state index contributed by atoms with van der Waals surface area (Å²) in [6.07, 6.45) is 5.65. The van der Waals surface area contributed by atoms with Crippen LogP contribution < -0.4 is 0 Å². The van der Waals surface area contributed by atoms with Crippen LogP contribution in [0.4, 0.5) is 0 Å². The lowest BCUT2D eigenvalue weighted by Crippen LogP contribution is -2.39. The minimum atomic E-state index is -1.03. The molecule has 3 unspecified atom stereocenters. The average Bonchev–Trinajstić information content (AvgIpc) is 3.68. The number of ether oxygens (including phenoxy) is 1. The van der Waals surface area contributed by atoms with Crippen LogP contribution in [-0.2, 0) is 27.2 Å². The van der Waals surface area contributed by atoms with E-state index in [1.807, 2.05) is 54.6 Å². The van der Waals surface area contributed by atoms with Crippen molar-refractivity contribution in [2.75, 3.05) is 0 Å². The van der Waals surface area contributed by atoms with Crippen molar-refractivity contribution in [3.8, 4) is 0 Å². The summed E-state index contributed by atoms with van der Waals surface area (Å²) in [6.45, 7) is 0. The number of aryl methyl sites for hydroxylation is 2. The monoisotopic (exact) mass is 452 g/mol. The van der Waals surface area contributed by atoms with Crippen molar-refractivity contribution in [3.63, 3.8) is 0 Å². The molecule has 0 spiro atoms. The molecule has 3 aromatic rings. The Morgan fingerprint density at radius 2 is 1.29 bits per heavy atom. The minimum absolute atomic E-state index is 0.00208. The number of benzene rings is 3. The van der Waals surface area contributed by atoms with E-state index < -0.39 is 11.5 Å². The van der Waals surface area contributed by atoms with Gasteiger partial charge in [0, 0.05) is 5.92 Å². The summed E-state index contributed by atoms with van der Waals surface area (Å²) in [4.78, 5) is 27.5. The van der Waals surface area contributed by atoms with Crippen molar-refractivity contribution >= 4 is 11.8 Å². The van der Waals surface area contributed by atoms with Gasteiger partial charge in [0.25, 0.3) is 0 Å². The Labute approximate surface area is 202 Å². The van der Waals surface area contributed by atoms with Gasteiger partial charge in [0.15, 0.2) is 11.4 Å². The van der Waals surface area contributed by atoms with Gasteiger partial charge in [0.2, 0.25) is 0 Å². The van der Waals surface area contributed by atoms with Gasteiger partial charge in [-0.15, -0.1) is 0 Å². The van der Waals surface area contributed by atoms with Crippen LogP contribution in [0.25, 0.3) is 0 Å². The van der Waals surface area contributed by atoms with E-state index in [1.54, 1.807) is 0 Å². The summed E-state index contributed by atoms with van der Waals surface area (Å²) in [7, 11) is 0. The van der Waals surface area contributed by atoms with E-state index in [2.05, 4.69) is 36.4 Å². The van der Waals surface area contributed by atoms with Gasteiger partial charge in [-0.3, -0.25) is 9.59 Å². The van der Waals surface area contributed by atoms with Gasteiger partial charge in [0.1, 0.15) is 5.92 Å². The topological polar surface area (TPSA) is 43.4 Å². The fourth-order valence-corrected chi connectivity index (χ4v) is 5.56. The maximum Gasteiger partial charge on any atom is 0.318 e. The second-order valence-corrected chi connectivity index (χ2v) is 9.86. The number of carbonyl (C=O) groups is 2. The van der Waals surface area contributed by atoms with Crippen LogP contribution in [0.2, 0.25) is 0 Å². The molecule has 34 heavy (non-hydrogen) atoms. The number of cyclic esters (lactones) is 1. The third-order valence-corrected chi connectivity index (χ3v) is 7.50. The first kappa shape index (κ1) is 22.6. The Balaban J connectivity index is 1.40. The van der Waals surface area contributed by atoms with Crippen molar-refractivity contribution in [3.05, 3.63) is 108 Å². The van der Waals surface area contributed by atoms with E-state index in [0.717, 1.165) is 37.7 Å². The van der Waals surface area contributed by atoms with E-state index in [0.29, 0.717) is 18.8 Å². The zero-order chi connectivity index (χ0) is 23.4. The van der Waals surface area contributed by atoms with Gasteiger partial charge in [-0.05, 0) is 67.6 Å². The summed E-state index contributed by atoms with van der Waals surface area (Å²) in [6, 6.07) is 30.6. The number of hydrogen-bond donors (Lipinski definition) is 0. The first-order valence-electron chi connectivity index (χ1n) is 12.6. The smallest absolute Gasteiger partial charge is 0.318 e. The molecule has 0 N–H and O–H groups in total. The molecule has 0 aromatic heterocycles. The third kappa shape index (κ3) is 4.84. The maximum absolute atomic E-state index is 14.1. The summed E-state index contributed by atoms with van der Waals surface area (Å²) in [5, 5.41) is 0. The summed E-state index contributed by atoms with van der Waals surface area (Å²) in [5.74, 6) is -0.699. The van der Waals surface area contributed by atoms with Crippen LogP contribution >= 0.6 is 0 Å². The van der Waals surface area contributed by atoms with E-state index >= 15 is 0 Å². The highest BCUT2D eigenvalue weighted by Gasteiger charge is 2.58. The number of rotatable bonds is 10. The Morgan fingerprint density at radius 3 is 1.88 bits per heavy atom. The number of ketones is 1. The quantitative estimate of drug-likeness (QED) is 0.267. The lowest BCUT2D eigenvalue weighted by Gasteiger charge is -2.27. The second kappa shape index (κ2) is 9.97. The molecule has 174 valence electrons. The Kier molecular flexibility index (Phi) is 6.62. The van der Waals surface area contributed by atoms with Gasteiger partial charge in [0.05, 0.1) is 0 Å². The van der Waals surface area contributed by atoms with Crippen molar-refractivity contribution in [2.24, 2.45) is 11.8 Å². The number of carbonyl (C=O) groups excluding carboxylic acids is 2. The molecule has 2 aliphatic rings. The number of Topliss-reactive ketones (excluding diaryl/α,β-unsaturated/α-hetero) is 1. The predicted octanol–water partition coefficient (Wildman–Crippen LogP) is 6.32. The molecule has 2 fully saturated rings. The first-order valence-corrected chi connectivity index (χ1v) is 12.6. The molecule has 3 atom stereocenters. The van der Waals surface area contributed by atoms with E-state index in [-0.39, 0.29) is 17.7 Å². The van der Waals surface area contributed by atoms with Gasteiger partial charge in [-0.25, -0.2) is 0 Å². The van der Waals surface area contributed by atoms with Crippen LogP contribution in [-0.4, -0.2) is 17.4 Å². The normalized spacial score (nSPS) is 23.0. The zero-order valence-corrected chi connectivity index (χ0v) is 19.6. The Bertz CT molecular complexity index is 1110. The third-order valence-electron chi connectivity index (χ3n) is 7.50. The van der Waals surface area contributed by atoms with Crippen LogP contribution in [0.15, 0.2) is 91.0 Å². The highest BCUT2D eigenvalue weighted by atomic mass is 16.6. The SMILES string of the molecule is O=C1OC(CCCc2ccccc2)(CCc2ccccc2)C(=O)C1C(c1ccccc1)C1CC1. The molecule has 5 rings (SSSR count). The maximum atomic E-state index is 14.1. The predicted molar refractivity (Wildman–Crippen MR) is 133 cm³/mol. The largest absolute Gasteiger partial charge is 0.450 e. The van der Waals surface area contributed by atoms with E-state index in [9.17, 15) is 9.59 Å². The fourth-order valence-electron chi connectivity index (χ4n) is 5.56. The Morgan fingerprint density at radius 1 is 0.735 bits per heavy atom. The molecule has 0 bridgehead atoms. The molecule has 1 aliphatic heterocycles. The molecule has 1 saturated carbocycles. The second-order valence-electron chi connectivity index (χ2n) is 9.86. The van der Waals surface area contributed by atoms with Crippen molar-refractivity contribution < 1.29 is 14.3 Å². The molecular formula is C31H32O3. The van der Waals surface area contributed by atoms with Crippen molar-refractivity contribution in [2.45, 2.75) is 56.5 Å². The average molecular weight is 453 g/mol. The van der Waals surface area contributed by atoms with E-state index in [1.165, 1.54) is 11.1 Å². The highest BCUT2D eigenvalue weighted by molar-refractivity contribution is 6.10. The molecule has 1 heterocycles. The van der Waals surface area contributed by atoms with Gasteiger partial charge in [-0.2, -0.15) is 0 Å². The molecule has 1 saturated heterocycles. The number of hydrogen-bond acceptors (Lipinski definition) is 3. The number of esters is 1. The molecule has 1 aliphatic carbocycles. The van der Waals surface area contributed by atoms with E-state index in [4.69, 9.17) is 4.74 Å². The van der Waals surface area contributed by atoms with Gasteiger partial charge >= 0.3 is 5.97 Å². The van der Waals surface area contributed by atoms with Crippen LogP contribution in [0.1, 0.15) is 54.7 Å². The summed E-state index contributed by atoms with van der Waals surface area (Å²) < 4.78 is 6.13. The molecule has 0 radical (unpaired) electrons. The van der Waals surface area contributed by atoms with Gasteiger partial charge in [-0.1, -0.05) is 91.0 Å². The molecule has 3 nitrogen and oxygen atoms in total.